The molecule has 1 aromatic carbocycles. The second-order valence-corrected chi connectivity index (χ2v) is 6.48. The number of hydrogen-bond acceptors (Lipinski definition) is 5. The lowest BCUT2D eigenvalue weighted by atomic mass is 10.1. The molecule has 0 bridgehead atoms. The third kappa shape index (κ3) is 3.61. The standard InChI is InChI=1S/C13H13BrClN3O3/c1-13(2,19)6-16-10-8-4-3-7(14)5-9(8)17-12(15)11(10)18(20)21/h3-5,19H,6H2,1-2H3,(H,16,17). The van der Waals surface area contributed by atoms with Crippen LogP contribution in [0.25, 0.3) is 10.9 Å². The molecule has 0 unspecified atom stereocenters. The SMILES string of the molecule is CC(C)(O)CNc1c([N+](=O)[O-])c(Cl)nc2cc(Br)ccc12. The number of nitrogens with zero attached hydrogens (tertiary/aromatic N) is 2. The molecule has 1 heterocycles. The van der Waals surface area contributed by atoms with Gasteiger partial charge in [-0.1, -0.05) is 27.5 Å². The van der Waals surface area contributed by atoms with E-state index in [1.165, 1.54) is 0 Å². The van der Waals surface area contributed by atoms with Gasteiger partial charge in [0.2, 0.25) is 5.15 Å². The van der Waals surface area contributed by atoms with E-state index in [9.17, 15) is 15.2 Å². The third-order valence-corrected chi connectivity index (χ3v) is 3.52. The lowest BCUT2D eigenvalue weighted by Crippen LogP contribution is -2.29. The molecule has 2 N–H and O–H groups in total. The Morgan fingerprint density at radius 3 is 2.76 bits per heavy atom. The summed E-state index contributed by atoms with van der Waals surface area (Å²) in [5.41, 5.74) is -0.538. The minimum atomic E-state index is -1.02. The maximum absolute atomic E-state index is 11.2. The molecule has 0 aliphatic rings. The van der Waals surface area contributed by atoms with Crippen molar-refractivity contribution in [3.8, 4) is 0 Å². The number of rotatable bonds is 4. The summed E-state index contributed by atoms with van der Waals surface area (Å²) in [6.07, 6.45) is 0. The van der Waals surface area contributed by atoms with Gasteiger partial charge in [0.15, 0.2) is 0 Å². The van der Waals surface area contributed by atoms with Crippen molar-refractivity contribution < 1.29 is 10.0 Å². The van der Waals surface area contributed by atoms with Gasteiger partial charge in [-0.15, -0.1) is 0 Å². The first kappa shape index (κ1) is 15.9. The van der Waals surface area contributed by atoms with Crippen LogP contribution in [0.15, 0.2) is 22.7 Å². The molecule has 2 aromatic rings. The summed E-state index contributed by atoms with van der Waals surface area (Å²) in [5, 5.41) is 24.3. The monoisotopic (exact) mass is 373 g/mol. The van der Waals surface area contributed by atoms with Gasteiger partial charge < -0.3 is 10.4 Å². The maximum Gasteiger partial charge on any atom is 0.329 e. The van der Waals surface area contributed by atoms with Crippen LogP contribution in [0, 0.1) is 10.1 Å². The van der Waals surface area contributed by atoms with Gasteiger partial charge >= 0.3 is 5.69 Å². The summed E-state index contributed by atoms with van der Waals surface area (Å²) >= 11 is 9.26. The highest BCUT2D eigenvalue weighted by Crippen LogP contribution is 2.38. The van der Waals surface area contributed by atoms with Gasteiger partial charge in [0, 0.05) is 16.4 Å². The molecular weight excluding hydrogens is 362 g/mol. The van der Waals surface area contributed by atoms with E-state index in [0.717, 1.165) is 4.47 Å². The topological polar surface area (TPSA) is 88.3 Å². The van der Waals surface area contributed by atoms with Crippen LogP contribution in [0.2, 0.25) is 5.15 Å². The molecule has 0 saturated heterocycles. The smallest absolute Gasteiger partial charge is 0.329 e. The predicted molar refractivity (Wildman–Crippen MR) is 85.9 cm³/mol. The lowest BCUT2D eigenvalue weighted by Gasteiger charge is -2.19. The molecule has 112 valence electrons. The van der Waals surface area contributed by atoms with Gasteiger partial charge in [0.25, 0.3) is 0 Å². The number of aliphatic hydroxyl groups is 1. The van der Waals surface area contributed by atoms with Crippen LogP contribution in [0.3, 0.4) is 0 Å². The number of benzene rings is 1. The molecule has 1 aromatic heterocycles. The van der Waals surface area contributed by atoms with Crippen LogP contribution in [-0.4, -0.2) is 27.2 Å². The van der Waals surface area contributed by atoms with Crippen molar-refractivity contribution in [1.29, 1.82) is 0 Å². The Kier molecular flexibility index (Phi) is 4.36. The Morgan fingerprint density at radius 2 is 2.19 bits per heavy atom. The van der Waals surface area contributed by atoms with Gasteiger partial charge in [0.05, 0.1) is 16.0 Å². The zero-order valence-electron chi connectivity index (χ0n) is 11.4. The van der Waals surface area contributed by atoms with Crippen molar-refractivity contribution in [2.45, 2.75) is 19.4 Å². The quantitative estimate of drug-likeness (QED) is 0.483. The molecule has 0 aliphatic heterocycles. The van der Waals surface area contributed by atoms with Crippen molar-refractivity contribution in [2.75, 3.05) is 11.9 Å². The Hall–Kier alpha value is -1.44. The molecule has 0 atom stereocenters. The molecule has 0 fully saturated rings. The zero-order valence-corrected chi connectivity index (χ0v) is 13.7. The molecule has 21 heavy (non-hydrogen) atoms. The Labute approximate surface area is 134 Å². The Morgan fingerprint density at radius 1 is 1.52 bits per heavy atom. The molecule has 6 nitrogen and oxygen atoms in total. The number of pyridine rings is 1. The van der Waals surface area contributed by atoms with Crippen molar-refractivity contribution in [3.63, 3.8) is 0 Å². The number of aromatic nitrogens is 1. The average molecular weight is 375 g/mol. The highest BCUT2D eigenvalue weighted by Gasteiger charge is 2.25. The summed E-state index contributed by atoms with van der Waals surface area (Å²) in [5.74, 6) is 0. The minimum Gasteiger partial charge on any atom is -0.389 e. The van der Waals surface area contributed by atoms with Crippen LogP contribution >= 0.6 is 27.5 Å². The van der Waals surface area contributed by atoms with Gasteiger partial charge in [-0.3, -0.25) is 10.1 Å². The predicted octanol–water partition coefficient (Wildman–Crippen LogP) is 3.74. The van der Waals surface area contributed by atoms with Crippen LogP contribution in [0.1, 0.15) is 13.8 Å². The van der Waals surface area contributed by atoms with Crippen molar-refractivity contribution in [1.82, 2.24) is 4.98 Å². The number of nitrogens with one attached hydrogen (secondary N) is 1. The third-order valence-electron chi connectivity index (χ3n) is 2.76. The Balaban J connectivity index is 2.66. The van der Waals surface area contributed by atoms with Crippen molar-refractivity contribution >= 4 is 49.8 Å². The average Bonchev–Trinajstić information content (AvgIpc) is 2.33. The number of halogens is 2. The van der Waals surface area contributed by atoms with Gasteiger partial charge in [0.1, 0.15) is 5.69 Å². The Bertz CT molecular complexity index is 716. The van der Waals surface area contributed by atoms with E-state index >= 15 is 0 Å². The van der Waals surface area contributed by atoms with E-state index in [2.05, 4.69) is 26.2 Å². The summed E-state index contributed by atoms with van der Waals surface area (Å²) in [6.45, 7) is 3.35. The first-order chi connectivity index (χ1) is 9.69. The molecule has 0 aliphatic carbocycles. The normalized spacial score (nSPS) is 11.7. The van der Waals surface area contributed by atoms with Crippen LogP contribution in [-0.2, 0) is 0 Å². The van der Waals surface area contributed by atoms with Gasteiger partial charge in [-0.05, 0) is 32.0 Å². The fraction of sp³-hybridized carbons (Fsp3) is 0.308. The number of hydrogen-bond donors (Lipinski definition) is 2. The van der Waals surface area contributed by atoms with Gasteiger partial charge in [-0.25, -0.2) is 4.98 Å². The highest BCUT2D eigenvalue weighted by atomic mass is 79.9. The molecule has 0 saturated carbocycles. The van der Waals surface area contributed by atoms with Crippen LogP contribution < -0.4 is 5.32 Å². The maximum atomic E-state index is 11.2. The van der Waals surface area contributed by atoms with E-state index in [-0.39, 0.29) is 23.1 Å². The molecule has 8 heteroatoms. The number of fused-ring (bicyclic) bond motifs is 1. The second kappa shape index (κ2) is 5.75. The van der Waals surface area contributed by atoms with E-state index in [1.54, 1.807) is 32.0 Å². The van der Waals surface area contributed by atoms with Crippen molar-refractivity contribution in [3.05, 3.63) is 37.9 Å². The summed E-state index contributed by atoms with van der Waals surface area (Å²) in [7, 11) is 0. The zero-order chi connectivity index (χ0) is 15.8. The highest BCUT2D eigenvalue weighted by molar-refractivity contribution is 9.10. The summed E-state index contributed by atoms with van der Waals surface area (Å²) < 4.78 is 0.792. The van der Waals surface area contributed by atoms with E-state index < -0.39 is 10.5 Å². The molecule has 0 radical (unpaired) electrons. The van der Waals surface area contributed by atoms with Gasteiger partial charge in [-0.2, -0.15) is 0 Å². The number of nitro groups is 1. The molecule has 2 rings (SSSR count). The second-order valence-electron chi connectivity index (χ2n) is 5.21. The van der Waals surface area contributed by atoms with E-state index in [4.69, 9.17) is 11.6 Å². The fourth-order valence-corrected chi connectivity index (χ4v) is 2.45. The van der Waals surface area contributed by atoms with Crippen molar-refractivity contribution in [2.24, 2.45) is 0 Å². The van der Waals surface area contributed by atoms with Crippen LogP contribution in [0.4, 0.5) is 11.4 Å². The first-order valence-electron chi connectivity index (χ1n) is 6.08. The minimum absolute atomic E-state index is 0.138. The molecule has 0 spiro atoms. The molecule has 0 amide bonds. The largest absolute Gasteiger partial charge is 0.389 e. The van der Waals surface area contributed by atoms with Crippen LogP contribution in [0.5, 0.6) is 0 Å². The first-order valence-corrected chi connectivity index (χ1v) is 7.25. The summed E-state index contributed by atoms with van der Waals surface area (Å²) in [6, 6.07) is 5.19. The fourth-order valence-electron chi connectivity index (χ4n) is 1.85. The van der Waals surface area contributed by atoms with E-state index in [0.29, 0.717) is 10.9 Å². The number of anilines is 1. The summed E-state index contributed by atoms with van der Waals surface area (Å²) in [4.78, 5) is 14.7. The molecular formula is C13H13BrClN3O3. The van der Waals surface area contributed by atoms with E-state index in [1.807, 2.05) is 0 Å². The lowest BCUT2D eigenvalue weighted by molar-refractivity contribution is -0.384.